The number of amides is 1. The number of carboxylic acid groups (broad SMARTS) is 1. The van der Waals surface area contributed by atoms with Crippen molar-refractivity contribution in [2.45, 2.75) is 13.1 Å². The Morgan fingerprint density at radius 3 is 2.59 bits per heavy atom. The summed E-state index contributed by atoms with van der Waals surface area (Å²) in [5, 5.41) is 17.8. The molecule has 0 spiro atoms. The van der Waals surface area contributed by atoms with Gasteiger partial charge in [0.2, 0.25) is 0 Å². The van der Waals surface area contributed by atoms with Crippen molar-refractivity contribution in [3.05, 3.63) is 70.3 Å². The van der Waals surface area contributed by atoms with Crippen molar-refractivity contribution in [1.82, 2.24) is 4.90 Å². The Labute approximate surface area is 127 Å². The van der Waals surface area contributed by atoms with Crippen LogP contribution in [0.3, 0.4) is 0 Å². The molecule has 108 valence electrons. The summed E-state index contributed by atoms with van der Waals surface area (Å²) in [5.41, 5.74) is 2.98. The number of carbonyl (C=O) groups excluding carboxylic acids is 1. The summed E-state index contributed by atoms with van der Waals surface area (Å²) < 4.78 is 0. The van der Waals surface area contributed by atoms with E-state index >= 15 is 0 Å². The Kier molecular flexibility index (Phi) is 3.36. The van der Waals surface area contributed by atoms with Gasteiger partial charge in [0, 0.05) is 18.7 Å². The van der Waals surface area contributed by atoms with Crippen LogP contribution in [0.1, 0.15) is 37.4 Å². The first kappa shape index (κ1) is 13.8. The lowest BCUT2D eigenvalue weighted by Crippen LogP contribution is -2.23. The van der Waals surface area contributed by atoms with Gasteiger partial charge in [0.15, 0.2) is 0 Å². The third-order valence-electron chi connectivity index (χ3n) is 3.69. The van der Waals surface area contributed by atoms with Gasteiger partial charge < -0.3 is 10.0 Å². The van der Waals surface area contributed by atoms with Crippen LogP contribution in [0.2, 0.25) is 0 Å². The average molecular weight is 292 g/mol. The highest BCUT2D eigenvalue weighted by Crippen LogP contribution is 2.25. The standard InChI is InChI=1S/C17H12N2O3/c18-8-11-1-3-12(4-2-11)9-19-10-14-7-13(17(21)22)5-6-15(14)16(19)20/h1-7H,9-10H2,(H,21,22). The van der Waals surface area contributed by atoms with Gasteiger partial charge in [-0.3, -0.25) is 4.79 Å². The minimum absolute atomic E-state index is 0.101. The maximum atomic E-state index is 12.3. The summed E-state index contributed by atoms with van der Waals surface area (Å²) in [7, 11) is 0. The number of aromatic carboxylic acids is 1. The number of carboxylic acids is 1. The van der Waals surface area contributed by atoms with Crippen LogP contribution in [-0.4, -0.2) is 21.9 Å². The van der Waals surface area contributed by atoms with Crippen LogP contribution in [0.4, 0.5) is 0 Å². The number of hydrogen-bond acceptors (Lipinski definition) is 3. The maximum Gasteiger partial charge on any atom is 0.335 e. The molecule has 1 amide bonds. The van der Waals surface area contributed by atoms with E-state index in [1.165, 1.54) is 6.07 Å². The zero-order chi connectivity index (χ0) is 15.7. The minimum Gasteiger partial charge on any atom is -0.478 e. The van der Waals surface area contributed by atoms with Gasteiger partial charge in [-0.1, -0.05) is 12.1 Å². The first-order valence-corrected chi connectivity index (χ1v) is 6.73. The third kappa shape index (κ3) is 2.42. The number of benzene rings is 2. The fraction of sp³-hybridized carbons (Fsp3) is 0.118. The van der Waals surface area contributed by atoms with Crippen molar-refractivity contribution in [2.24, 2.45) is 0 Å². The molecule has 2 aromatic rings. The second-order valence-electron chi connectivity index (χ2n) is 5.15. The summed E-state index contributed by atoms with van der Waals surface area (Å²) in [6.45, 7) is 0.830. The van der Waals surface area contributed by atoms with E-state index in [-0.39, 0.29) is 11.5 Å². The van der Waals surface area contributed by atoms with Crippen molar-refractivity contribution < 1.29 is 14.7 Å². The van der Waals surface area contributed by atoms with Crippen molar-refractivity contribution >= 4 is 11.9 Å². The lowest BCUT2D eigenvalue weighted by atomic mass is 10.1. The SMILES string of the molecule is N#Cc1ccc(CN2Cc3cc(C(=O)O)ccc3C2=O)cc1. The molecule has 22 heavy (non-hydrogen) atoms. The van der Waals surface area contributed by atoms with Crippen molar-refractivity contribution in [3.8, 4) is 6.07 Å². The Morgan fingerprint density at radius 2 is 1.95 bits per heavy atom. The molecule has 5 heteroatoms. The molecular formula is C17H12N2O3. The van der Waals surface area contributed by atoms with Gasteiger partial charge in [0.05, 0.1) is 17.2 Å². The third-order valence-corrected chi connectivity index (χ3v) is 3.69. The predicted molar refractivity (Wildman–Crippen MR) is 78.1 cm³/mol. The molecule has 0 radical (unpaired) electrons. The molecule has 3 rings (SSSR count). The topological polar surface area (TPSA) is 81.4 Å². The van der Waals surface area contributed by atoms with Gasteiger partial charge in [0.25, 0.3) is 5.91 Å². The quantitative estimate of drug-likeness (QED) is 0.941. The van der Waals surface area contributed by atoms with E-state index in [0.29, 0.717) is 24.2 Å². The number of nitriles is 1. The van der Waals surface area contributed by atoms with E-state index in [9.17, 15) is 9.59 Å². The number of rotatable bonds is 3. The van der Waals surface area contributed by atoms with Gasteiger partial charge in [0.1, 0.15) is 0 Å². The number of fused-ring (bicyclic) bond motifs is 1. The fourth-order valence-electron chi connectivity index (χ4n) is 2.55. The number of nitrogens with zero attached hydrogens (tertiary/aromatic N) is 2. The number of hydrogen-bond donors (Lipinski definition) is 1. The summed E-state index contributed by atoms with van der Waals surface area (Å²) in [4.78, 5) is 25.0. The minimum atomic E-state index is -0.999. The van der Waals surface area contributed by atoms with E-state index in [1.807, 2.05) is 12.1 Å². The Bertz CT molecular complexity index is 804. The molecule has 1 N–H and O–H groups in total. The molecule has 0 saturated heterocycles. The molecular weight excluding hydrogens is 280 g/mol. The molecule has 0 aromatic heterocycles. The van der Waals surface area contributed by atoms with Crippen LogP contribution in [-0.2, 0) is 13.1 Å². The first-order chi connectivity index (χ1) is 10.6. The van der Waals surface area contributed by atoms with E-state index in [2.05, 4.69) is 6.07 Å². The average Bonchev–Trinajstić information content (AvgIpc) is 2.84. The van der Waals surface area contributed by atoms with Crippen LogP contribution >= 0.6 is 0 Å². The summed E-state index contributed by atoms with van der Waals surface area (Å²) >= 11 is 0. The van der Waals surface area contributed by atoms with Crippen LogP contribution in [0.15, 0.2) is 42.5 Å². The van der Waals surface area contributed by atoms with Crippen LogP contribution in [0.25, 0.3) is 0 Å². The molecule has 0 atom stereocenters. The molecule has 0 saturated carbocycles. The maximum absolute atomic E-state index is 12.3. The first-order valence-electron chi connectivity index (χ1n) is 6.73. The summed E-state index contributed by atoms with van der Waals surface area (Å²) in [5.74, 6) is -1.10. The lowest BCUT2D eigenvalue weighted by Gasteiger charge is -2.15. The molecule has 2 aromatic carbocycles. The molecule has 5 nitrogen and oxygen atoms in total. The van der Waals surface area contributed by atoms with Gasteiger partial charge in [-0.25, -0.2) is 4.79 Å². The largest absolute Gasteiger partial charge is 0.478 e. The van der Waals surface area contributed by atoms with Gasteiger partial charge in [-0.05, 0) is 41.5 Å². The van der Waals surface area contributed by atoms with Crippen LogP contribution in [0, 0.1) is 11.3 Å². The van der Waals surface area contributed by atoms with Crippen molar-refractivity contribution in [2.75, 3.05) is 0 Å². The zero-order valence-corrected chi connectivity index (χ0v) is 11.6. The van der Waals surface area contributed by atoms with Crippen LogP contribution < -0.4 is 0 Å². The molecule has 0 fully saturated rings. The molecule has 1 aliphatic rings. The van der Waals surface area contributed by atoms with Gasteiger partial charge in [-0.15, -0.1) is 0 Å². The lowest BCUT2D eigenvalue weighted by molar-refractivity contribution is 0.0695. The molecule has 0 aliphatic carbocycles. The highest BCUT2D eigenvalue weighted by molar-refractivity contribution is 5.99. The molecule has 1 aliphatic heterocycles. The van der Waals surface area contributed by atoms with E-state index < -0.39 is 5.97 Å². The van der Waals surface area contributed by atoms with Crippen molar-refractivity contribution in [3.63, 3.8) is 0 Å². The Morgan fingerprint density at radius 1 is 1.23 bits per heavy atom. The van der Waals surface area contributed by atoms with Crippen molar-refractivity contribution in [1.29, 1.82) is 5.26 Å². The predicted octanol–water partition coefficient (Wildman–Crippen LogP) is 2.41. The molecule has 0 bridgehead atoms. The zero-order valence-electron chi connectivity index (χ0n) is 11.6. The second-order valence-corrected chi connectivity index (χ2v) is 5.15. The second kappa shape index (κ2) is 5.34. The smallest absolute Gasteiger partial charge is 0.335 e. The summed E-state index contributed by atoms with van der Waals surface area (Å²) in [6.07, 6.45) is 0. The summed E-state index contributed by atoms with van der Waals surface area (Å²) in [6, 6.07) is 13.7. The Hall–Kier alpha value is -3.13. The number of carbonyl (C=O) groups is 2. The molecule has 1 heterocycles. The fourth-order valence-corrected chi connectivity index (χ4v) is 2.55. The molecule has 0 unspecified atom stereocenters. The Balaban J connectivity index is 1.81. The highest BCUT2D eigenvalue weighted by Gasteiger charge is 2.27. The van der Waals surface area contributed by atoms with E-state index in [4.69, 9.17) is 10.4 Å². The normalized spacial score (nSPS) is 12.9. The van der Waals surface area contributed by atoms with Gasteiger partial charge in [-0.2, -0.15) is 5.26 Å². The highest BCUT2D eigenvalue weighted by atomic mass is 16.4. The van der Waals surface area contributed by atoms with Gasteiger partial charge >= 0.3 is 5.97 Å². The van der Waals surface area contributed by atoms with E-state index in [1.54, 1.807) is 29.2 Å². The van der Waals surface area contributed by atoms with Crippen LogP contribution in [0.5, 0.6) is 0 Å². The monoisotopic (exact) mass is 292 g/mol. The van der Waals surface area contributed by atoms with E-state index in [0.717, 1.165) is 11.1 Å².